The van der Waals surface area contributed by atoms with Crippen LogP contribution in [-0.4, -0.2) is 19.3 Å². The maximum Gasteiger partial charge on any atom is 0.202 e. The van der Waals surface area contributed by atoms with Gasteiger partial charge in [-0.3, -0.25) is 9.25 Å². The first-order valence-electron chi connectivity index (χ1n) is 7.02. The van der Waals surface area contributed by atoms with Crippen molar-refractivity contribution in [2.24, 2.45) is 7.05 Å². The number of aryl methyl sites for hydroxylation is 2. The van der Waals surface area contributed by atoms with Crippen molar-refractivity contribution in [2.75, 3.05) is 5.73 Å². The number of fused-ring (bicyclic) bond motifs is 1. The van der Waals surface area contributed by atoms with E-state index in [1.165, 1.54) is 5.56 Å². The van der Waals surface area contributed by atoms with Crippen LogP contribution in [0.3, 0.4) is 0 Å². The lowest BCUT2D eigenvalue weighted by atomic mass is 10.2. The lowest BCUT2D eigenvalue weighted by molar-refractivity contribution is 0.712. The first-order chi connectivity index (χ1) is 10.1. The largest absolute Gasteiger partial charge is 0.369 e. The molecule has 0 radical (unpaired) electrons. The maximum absolute atomic E-state index is 6.12. The molecule has 0 amide bonds. The molecule has 0 unspecified atom stereocenters. The fourth-order valence-electron chi connectivity index (χ4n) is 2.64. The molecule has 110 valence electrons. The number of aromatic nitrogens is 4. The number of rotatable bonds is 4. The van der Waals surface area contributed by atoms with E-state index in [1.54, 1.807) is 0 Å². The smallest absolute Gasteiger partial charge is 0.202 e. The second kappa shape index (κ2) is 5.52. The molecule has 21 heavy (non-hydrogen) atoms. The van der Waals surface area contributed by atoms with E-state index in [4.69, 9.17) is 5.73 Å². The zero-order valence-electron chi connectivity index (χ0n) is 12.2. The number of hydrogen-bond donors (Lipinski definition) is 1. The SMILES string of the molecule is CCCc1nn(C)c2c1nc(N)n2Cc1cccc(Br)c1. The van der Waals surface area contributed by atoms with Gasteiger partial charge in [-0.25, -0.2) is 4.98 Å². The molecule has 0 spiro atoms. The van der Waals surface area contributed by atoms with E-state index >= 15 is 0 Å². The van der Waals surface area contributed by atoms with E-state index in [0.717, 1.165) is 34.2 Å². The van der Waals surface area contributed by atoms with Crippen molar-refractivity contribution in [1.82, 2.24) is 19.3 Å². The quantitative estimate of drug-likeness (QED) is 0.788. The fraction of sp³-hybridized carbons (Fsp3) is 0.333. The lowest BCUT2D eigenvalue weighted by Crippen LogP contribution is -2.08. The Kier molecular flexibility index (Phi) is 3.71. The van der Waals surface area contributed by atoms with Crippen molar-refractivity contribution in [2.45, 2.75) is 26.3 Å². The summed E-state index contributed by atoms with van der Waals surface area (Å²) in [5.41, 5.74) is 10.2. The van der Waals surface area contributed by atoms with Gasteiger partial charge in [0.15, 0.2) is 5.65 Å². The van der Waals surface area contributed by atoms with Crippen molar-refractivity contribution < 1.29 is 0 Å². The van der Waals surface area contributed by atoms with Gasteiger partial charge in [0.2, 0.25) is 5.95 Å². The van der Waals surface area contributed by atoms with E-state index in [0.29, 0.717) is 12.5 Å². The van der Waals surface area contributed by atoms with Gasteiger partial charge in [0.1, 0.15) is 5.52 Å². The molecule has 2 N–H and O–H groups in total. The van der Waals surface area contributed by atoms with Gasteiger partial charge in [-0.05, 0) is 24.1 Å². The van der Waals surface area contributed by atoms with Crippen LogP contribution in [0.15, 0.2) is 28.7 Å². The maximum atomic E-state index is 6.12. The number of benzene rings is 1. The number of anilines is 1. The van der Waals surface area contributed by atoms with Gasteiger partial charge in [-0.15, -0.1) is 0 Å². The Balaban J connectivity index is 2.08. The van der Waals surface area contributed by atoms with Gasteiger partial charge in [0, 0.05) is 11.5 Å². The van der Waals surface area contributed by atoms with Gasteiger partial charge in [-0.1, -0.05) is 41.4 Å². The summed E-state index contributed by atoms with van der Waals surface area (Å²) in [6.45, 7) is 2.83. The molecule has 3 aromatic rings. The molecule has 0 atom stereocenters. The highest BCUT2D eigenvalue weighted by Gasteiger charge is 2.17. The molecule has 0 bridgehead atoms. The van der Waals surface area contributed by atoms with Crippen molar-refractivity contribution in [3.05, 3.63) is 40.0 Å². The van der Waals surface area contributed by atoms with Crippen LogP contribution in [0.4, 0.5) is 5.95 Å². The molecule has 3 rings (SSSR count). The summed E-state index contributed by atoms with van der Waals surface area (Å²) < 4.78 is 4.96. The third kappa shape index (κ3) is 2.55. The van der Waals surface area contributed by atoms with Crippen LogP contribution >= 0.6 is 15.9 Å². The molecule has 6 heteroatoms. The zero-order valence-corrected chi connectivity index (χ0v) is 13.8. The third-order valence-electron chi connectivity index (χ3n) is 3.54. The van der Waals surface area contributed by atoms with Crippen LogP contribution < -0.4 is 5.73 Å². The zero-order chi connectivity index (χ0) is 15.0. The lowest BCUT2D eigenvalue weighted by Gasteiger charge is -2.07. The second-order valence-electron chi connectivity index (χ2n) is 5.18. The van der Waals surface area contributed by atoms with Crippen molar-refractivity contribution in [1.29, 1.82) is 0 Å². The van der Waals surface area contributed by atoms with Crippen molar-refractivity contribution in [3.63, 3.8) is 0 Å². The predicted molar refractivity (Wildman–Crippen MR) is 88.2 cm³/mol. The summed E-state index contributed by atoms with van der Waals surface area (Å²) in [6.07, 6.45) is 1.97. The molecule has 2 aromatic heterocycles. The topological polar surface area (TPSA) is 61.7 Å². The third-order valence-corrected chi connectivity index (χ3v) is 4.03. The number of nitrogens with zero attached hydrogens (tertiary/aromatic N) is 4. The standard InChI is InChI=1S/C15H18BrN5/c1-3-5-12-13-14(20(2)19-12)21(15(17)18-13)9-10-6-4-7-11(16)8-10/h4,6-8H,3,5,9H2,1-2H3,(H2,17,18). The predicted octanol–water partition coefficient (Wildman–Crippen LogP) is 3.12. The molecular formula is C15H18BrN5. The minimum absolute atomic E-state index is 0.537. The highest BCUT2D eigenvalue weighted by atomic mass is 79.9. The molecular weight excluding hydrogens is 330 g/mol. The molecule has 0 aliphatic heterocycles. The number of nitrogen functional groups attached to an aromatic ring is 1. The molecule has 0 saturated carbocycles. The number of nitrogens with two attached hydrogens (primary N) is 1. The molecule has 5 nitrogen and oxygen atoms in total. The molecule has 1 aromatic carbocycles. The highest BCUT2D eigenvalue weighted by molar-refractivity contribution is 9.10. The minimum atomic E-state index is 0.537. The number of imidazole rings is 1. The Morgan fingerprint density at radius 1 is 1.33 bits per heavy atom. The highest BCUT2D eigenvalue weighted by Crippen LogP contribution is 2.23. The summed E-state index contributed by atoms with van der Waals surface area (Å²) in [5, 5.41) is 4.57. The van der Waals surface area contributed by atoms with Gasteiger partial charge >= 0.3 is 0 Å². The van der Waals surface area contributed by atoms with E-state index in [1.807, 2.05) is 28.4 Å². The van der Waals surface area contributed by atoms with Crippen LogP contribution in [0.5, 0.6) is 0 Å². The van der Waals surface area contributed by atoms with Crippen molar-refractivity contribution in [3.8, 4) is 0 Å². The van der Waals surface area contributed by atoms with Crippen LogP contribution in [0.25, 0.3) is 11.2 Å². The molecule has 2 heterocycles. The van der Waals surface area contributed by atoms with Gasteiger partial charge in [-0.2, -0.15) is 5.10 Å². The Bertz CT molecular complexity index is 787. The van der Waals surface area contributed by atoms with E-state index in [2.05, 4.69) is 45.1 Å². The Morgan fingerprint density at radius 3 is 2.86 bits per heavy atom. The van der Waals surface area contributed by atoms with E-state index in [-0.39, 0.29) is 0 Å². The second-order valence-corrected chi connectivity index (χ2v) is 6.09. The van der Waals surface area contributed by atoms with Crippen LogP contribution in [0.2, 0.25) is 0 Å². The van der Waals surface area contributed by atoms with Gasteiger partial charge in [0.25, 0.3) is 0 Å². The van der Waals surface area contributed by atoms with E-state index < -0.39 is 0 Å². The van der Waals surface area contributed by atoms with Crippen LogP contribution in [-0.2, 0) is 20.0 Å². The molecule has 0 aliphatic rings. The molecule has 0 fully saturated rings. The average molecular weight is 348 g/mol. The Labute approximate surface area is 131 Å². The average Bonchev–Trinajstić information content (AvgIpc) is 2.90. The number of hydrogen-bond acceptors (Lipinski definition) is 3. The van der Waals surface area contributed by atoms with Gasteiger partial charge < -0.3 is 5.73 Å². The van der Waals surface area contributed by atoms with Gasteiger partial charge in [0.05, 0.1) is 12.2 Å². The fourth-order valence-corrected chi connectivity index (χ4v) is 3.08. The minimum Gasteiger partial charge on any atom is -0.369 e. The summed E-state index contributed by atoms with van der Waals surface area (Å²) in [5.74, 6) is 0.537. The molecule has 0 aliphatic carbocycles. The first kappa shape index (κ1) is 14.1. The molecule has 0 saturated heterocycles. The number of halogens is 1. The van der Waals surface area contributed by atoms with Crippen LogP contribution in [0, 0.1) is 0 Å². The van der Waals surface area contributed by atoms with Crippen LogP contribution in [0.1, 0.15) is 24.6 Å². The summed E-state index contributed by atoms with van der Waals surface area (Å²) in [4.78, 5) is 4.52. The van der Waals surface area contributed by atoms with Crippen molar-refractivity contribution >= 4 is 33.0 Å². The summed E-state index contributed by atoms with van der Waals surface area (Å²) >= 11 is 3.50. The monoisotopic (exact) mass is 347 g/mol. The van der Waals surface area contributed by atoms with E-state index in [9.17, 15) is 0 Å². The normalized spacial score (nSPS) is 11.4. The first-order valence-corrected chi connectivity index (χ1v) is 7.81. The Hall–Kier alpha value is -1.82. The Morgan fingerprint density at radius 2 is 2.14 bits per heavy atom. The summed E-state index contributed by atoms with van der Waals surface area (Å²) in [7, 11) is 1.94. The summed E-state index contributed by atoms with van der Waals surface area (Å²) in [6, 6.07) is 8.21.